The summed E-state index contributed by atoms with van der Waals surface area (Å²) in [6, 6.07) is 1.17. The maximum atomic E-state index is 13.0. The van der Waals surface area contributed by atoms with E-state index in [2.05, 4.69) is 33.8 Å². The Kier molecular flexibility index (Phi) is 9.63. The van der Waals surface area contributed by atoms with Gasteiger partial charge >= 0.3 is 21.3 Å². The van der Waals surface area contributed by atoms with Gasteiger partial charge in [-0.15, -0.1) is 9.35 Å². The van der Waals surface area contributed by atoms with Crippen LogP contribution in [0.4, 0.5) is 11.6 Å². The molecule has 2 fully saturated rings. The van der Waals surface area contributed by atoms with Crippen molar-refractivity contribution < 1.29 is 72.3 Å². The fourth-order valence-electron chi connectivity index (χ4n) is 4.59. The van der Waals surface area contributed by atoms with Crippen molar-refractivity contribution in [3.8, 4) is 0 Å². The highest BCUT2D eigenvalue weighted by atomic mass is 31.2. The maximum absolute atomic E-state index is 13.0. The molecule has 0 aliphatic carbocycles. The second-order valence-corrected chi connectivity index (χ2v) is 12.1. The molecule has 0 amide bonds. The van der Waals surface area contributed by atoms with Gasteiger partial charge in [0.1, 0.15) is 48.2 Å². The van der Waals surface area contributed by atoms with Crippen molar-refractivity contribution in [2.45, 2.75) is 49.1 Å². The van der Waals surface area contributed by atoms with Gasteiger partial charge in [-0.25, -0.2) is 39.0 Å². The predicted octanol–water partition coefficient (Wildman–Crippen LogP) is -2.83. The summed E-state index contributed by atoms with van der Waals surface area (Å²) in [6.45, 7) is -1.79. The second kappa shape index (κ2) is 13.0. The van der Waals surface area contributed by atoms with Gasteiger partial charge in [0.25, 0.3) is 0 Å². The van der Waals surface area contributed by atoms with Crippen molar-refractivity contribution in [1.82, 2.24) is 29.1 Å². The van der Waals surface area contributed by atoms with Crippen LogP contribution in [0.25, 0.3) is 11.2 Å². The first kappa shape index (κ1) is 33.3. The number of nitrogen functional groups attached to an aromatic ring is 2. The first-order valence-corrected chi connectivity index (χ1v) is 15.5. The van der Waals surface area contributed by atoms with E-state index in [1.165, 1.54) is 17.0 Å². The van der Waals surface area contributed by atoms with Gasteiger partial charge in [0.15, 0.2) is 30.0 Å². The molecular formula is C19H26N8O16P2. The number of nitrogens with zero attached hydrogens (tertiary/aromatic N) is 6. The number of hydrogen-bond donors (Lipinski definition) is 8. The van der Waals surface area contributed by atoms with Gasteiger partial charge in [0, 0.05) is 6.20 Å². The van der Waals surface area contributed by atoms with Gasteiger partial charge in [-0.1, -0.05) is 0 Å². The molecule has 0 saturated carbocycles. The number of phosphoric acid groups is 2. The number of aliphatic hydroxyl groups is 3. The molecule has 3 aromatic heterocycles. The fraction of sp³-hybridized carbons (Fsp3) is 0.526. The highest BCUT2D eigenvalue weighted by Gasteiger charge is 2.51. The minimum Gasteiger partial charge on any atom is -0.394 e. The van der Waals surface area contributed by atoms with Gasteiger partial charge < -0.3 is 46.0 Å². The van der Waals surface area contributed by atoms with Crippen molar-refractivity contribution in [2.24, 2.45) is 0 Å². The SMILES string of the molecule is Nc1ccn([C@@H]2O[C@H](COP(=O)(OO)OO[C@@H]3[C@@H](O)[C@H](n4cnc5c(N)ncnc54)O[C@@H]3CO)C(OP(=O)(O)O)[C@H]2O)c(=O)n1. The first-order chi connectivity index (χ1) is 21.2. The minimum absolute atomic E-state index is 0.0370. The Morgan fingerprint density at radius 3 is 2.36 bits per heavy atom. The van der Waals surface area contributed by atoms with Crippen molar-refractivity contribution in [3.05, 3.63) is 35.4 Å². The van der Waals surface area contributed by atoms with Crippen LogP contribution >= 0.6 is 15.6 Å². The highest BCUT2D eigenvalue weighted by molar-refractivity contribution is 7.48. The molecule has 45 heavy (non-hydrogen) atoms. The highest BCUT2D eigenvalue weighted by Crippen LogP contribution is 2.51. The summed E-state index contributed by atoms with van der Waals surface area (Å²) >= 11 is 0. The largest absolute Gasteiger partial charge is 0.529 e. The monoisotopic (exact) mass is 684 g/mol. The van der Waals surface area contributed by atoms with Crippen LogP contribution in [0.15, 0.2) is 29.7 Å². The Labute approximate surface area is 249 Å². The Balaban J connectivity index is 1.28. The van der Waals surface area contributed by atoms with E-state index in [-0.39, 0.29) is 22.8 Å². The number of imidazole rings is 1. The Morgan fingerprint density at radius 2 is 1.69 bits per heavy atom. The number of nitrogens with two attached hydrogens (primary N) is 2. The molecule has 0 aromatic carbocycles. The molecule has 9 atom stereocenters. The third-order valence-corrected chi connectivity index (χ3v) is 8.04. The molecule has 2 saturated heterocycles. The van der Waals surface area contributed by atoms with E-state index in [0.717, 1.165) is 17.1 Å². The summed E-state index contributed by atoms with van der Waals surface area (Å²) in [5.41, 5.74) is 10.5. The van der Waals surface area contributed by atoms with Crippen LogP contribution in [0.5, 0.6) is 0 Å². The zero-order valence-electron chi connectivity index (χ0n) is 22.3. The molecule has 0 spiro atoms. The van der Waals surface area contributed by atoms with E-state index in [4.69, 9.17) is 30.4 Å². The van der Waals surface area contributed by atoms with E-state index < -0.39 is 83.6 Å². The molecule has 248 valence electrons. The zero-order chi connectivity index (χ0) is 32.7. The molecule has 3 aromatic rings. The molecule has 2 aliphatic heterocycles. The molecule has 2 unspecified atom stereocenters. The van der Waals surface area contributed by atoms with E-state index in [1.54, 1.807) is 0 Å². The number of phosphoric ester groups is 1. The van der Waals surface area contributed by atoms with Crippen LogP contribution in [-0.4, -0.2) is 109 Å². The molecule has 5 heterocycles. The minimum atomic E-state index is -5.30. The predicted molar refractivity (Wildman–Crippen MR) is 140 cm³/mol. The van der Waals surface area contributed by atoms with Crippen molar-refractivity contribution in [1.29, 1.82) is 0 Å². The average molecular weight is 684 g/mol. The summed E-state index contributed by atoms with van der Waals surface area (Å²) in [7, 11) is -10.5. The molecule has 0 bridgehead atoms. The second-order valence-electron chi connectivity index (χ2n) is 9.44. The molecule has 2 aliphatic rings. The maximum Gasteiger partial charge on any atom is 0.529 e. The summed E-state index contributed by atoms with van der Waals surface area (Å²) < 4.78 is 55.6. The summed E-state index contributed by atoms with van der Waals surface area (Å²) in [6.07, 6.45) is -9.66. The topological polar surface area (TPSA) is 351 Å². The van der Waals surface area contributed by atoms with Crippen molar-refractivity contribution in [2.75, 3.05) is 24.7 Å². The number of aromatic nitrogens is 6. The summed E-state index contributed by atoms with van der Waals surface area (Å²) in [4.78, 5) is 51.2. The lowest BCUT2D eigenvalue weighted by Gasteiger charge is -2.23. The number of anilines is 2. The number of rotatable bonds is 12. The van der Waals surface area contributed by atoms with Crippen LogP contribution in [0.1, 0.15) is 12.5 Å². The zero-order valence-corrected chi connectivity index (χ0v) is 24.1. The Hall–Kier alpha value is -3.03. The molecule has 0 radical (unpaired) electrons. The van der Waals surface area contributed by atoms with Crippen molar-refractivity contribution in [3.63, 3.8) is 0 Å². The number of hydrogen-bond acceptors (Lipinski definition) is 20. The van der Waals surface area contributed by atoms with E-state index >= 15 is 0 Å². The summed E-state index contributed by atoms with van der Waals surface area (Å²) in [5.74, 6) is -0.135. The van der Waals surface area contributed by atoms with E-state index in [1.807, 2.05) is 0 Å². The molecular weight excluding hydrogens is 658 g/mol. The third-order valence-electron chi connectivity index (χ3n) is 6.59. The number of ether oxygens (including phenoxy) is 2. The van der Waals surface area contributed by atoms with Crippen LogP contribution in [0.3, 0.4) is 0 Å². The van der Waals surface area contributed by atoms with Gasteiger partial charge in [-0.3, -0.25) is 18.2 Å². The van der Waals surface area contributed by atoms with Gasteiger partial charge in [-0.05, 0) is 6.07 Å². The van der Waals surface area contributed by atoms with Crippen LogP contribution in [0, 0.1) is 0 Å². The van der Waals surface area contributed by atoms with E-state index in [0.29, 0.717) is 0 Å². The Bertz CT molecular complexity index is 1670. The number of fused-ring (bicyclic) bond motifs is 1. The molecule has 5 rings (SSSR count). The van der Waals surface area contributed by atoms with Crippen LogP contribution in [0.2, 0.25) is 0 Å². The van der Waals surface area contributed by atoms with Gasteiger partial charge in [0.2, 0.25) is 0 Å². The normalized spacial score (nSPS) is 30.2. The lowest BCUT2D eigenvalue weighted by atomic mass is 10.1. The molecule has 10 N–H and O–H groups in total. The lowest BCUT2D eigenvalue weighted by Crippen LogP contribution is -2.38. The molecule has 24 nitrogen and oxygen atoms in total. The van der Waals surface area contributed by atoms with Gasteiger partial charge in [-0.2, -0.15) is 4.98 Å². The van der Waals surface area contributed by atoms with Crippen LogP contribution in [-0.2, 0) is 41.9 Å². The van der Waals surface area contributed by atoms with Crippen molar-refractivity contribution >= 4 is 38.4 Å². The lowest BCUT2D eigenvalue weighted by molar-refractivity contribution is -0.303. The smallest absolute Gasteiger partial charge is 0.394 e. The summed E-state index contributed by atoms with van der Waals surface area (Å²) in [5, 5.41) is 40.6. The Morgan fingerprint density at radius 1 is 1.00 bits per heavy atom. The third kappa shape index (κ3) is 6.90. The quantitative estimate of drug-likeness (QED) is 0.0541. The first-order valence-electron chi connectivity index (χ1n) is 12.5. The van der Waals surface area contributed by atoms with Crippen LogP contribution < -0.4 is 17.2 Å². The standard InChI is InChI=1S/C19H26N8O16P2/c20-9-1-2-26(19(31)25-9)17-12(30)14(41-44(33,34)35)8(39-17)4-37-45(36,42-32)43-40-13-7(3-28)38-18(11(13)29)27-6-24-10-15(21)22-5-23-16(10)27/h1-2,5-8,11-14,17-18,28-30,32H,3-4H2,(H2,20,25,31)(H2,21,22,23)(H2,33,34,35)/t7-,8-,11-,12-,13+,14?,17-,18-,45?/m1/s1. The molecule has 26 heteroatoms. The number of aliphatic hydroxyl groups excluding tert-OH is 3. The van der Waals surface area contributed by atoms with Gasteiger partial charge in [0.05, 0.1) is 19.5 Å². The average Bonchev–Trinajstić information content (AvgIpc) is 3.64. The fourth-order valence-corrected chi connectivity index (χ4v) is 5.82. The van der Waals surface area contributed by atoms with E-state index in [9.17, 15) is 44.3 Å².